The summed E-state index contributed by atoms with van der Waals surface area (Å²) in [5.41, 5.74) is 0. The van der Waals surface area contributed by atoms with Crippen LogP contribution in [-0.2, 0) is 0 Å². The van der Waals surface area contributed by atoms with Crippen molar-refractivity contribution in [2.45, 2.75) is 38.1 Å². The molecule has 1 aliphatic heterocycles. The molecular weight excluding hydrogens is 172 g/mol. The van der Waals surface area contributed by atoms with Crippen LogP contribution in [0.1, 0.15) is 32.1 Å². The zero-order chi connectivity index (χ0) is 9.97. The van der Waals surface area contributed by atoms with E-state index in [0.717, 1.165) is 12.0 Å². The minimum atomic E-state index is 0.936. The van der Waals surface area contributed by atoms with E-state index in [1.165, 1.54) is 51.7 Å². The molecule has 0 unspecified atom stereocenters. The Labute approximate surface area is 88.3 Å². The van der Waals surface area contributed by atoms with Crippen molar-refractivity contribution in [3.05, 3.63) is 0 Å². The smallest absolute Gasteiger partial charge is 0.00953 e. The molecule has 1 saturated heterocycles. The van der Waals surface area contributed by atoms with E-state index >= 15 is 0 Å². The summed E-state index contributed by atoms with van der Waals surface area (Å²) in [6.07, 6.45) is 7.30. The van der Waals surface area contributed by atoms with Gasteiger partial charge in [-0.05, 0) is 45.8 Å². The predicted molar refractivity (Wildman–Crippen MR) is 60.5 cm³/mol. The maximum Gasteiger partial charge on any atom is 0.00953 e. The van der Waals surface area contributed by atoms with E-state index in [1.54, 1.807) is 0 Å². The zero-order valence-corrected chi connectivity index (χ0v) is 9.71. The molecule has 82 valence electrons. The molecule has 1 atom stereocenters. The Morgan fingerprint density at radius 3 is 2.50 bits per heavy atom. The SMILES string of the molecule is CN(C)C[C@@H]1CCN(C2CCCC2)C1. The predicted octanol–water partition coefficient (Wildman–Crippen LogP) is 1.81. The second kappa shape index (κ2) is 4.63. The Kier molecular flexibility index (Phi) is 3.45. The van der Waals surface area contributed by atoms with Crippen molar-refractivity contribution in [2.24, 2.45) is 5.92 Å². The highest BCUT2D eigenvalue weighted by atomic mass is 15.2. The average molecular weight is 196 g/mol. The fourth-order valence-electron chi connectivity index (χ4n) is 3.13. The third kappa shape index (κ3) is 2.48. The van der Waals surface area contributed by atoms with Crippen LogP contribution in [0.25, 0.3) is 0 Å². The highest BCUT2D eigenvalue weighted by molar-refractivity contribution is 4.84. The van der Waals surface area contributed by atoms with Crippen LogP contribution in [0.15, 0.2) is 0 Å². The molecule has 14 heavy (non-hydrogen) atoms. The fraction of sp³-hybridized carbons (Fsp3) is 1.00. The number of hydrogen-bond donors (Lipinski definition) is 0. The van der Waals surface area contributed by atoms with E-state index in [1.807, 2.05) is 0 Å². The molecule has 2 rings (SSSR count). The molecule has 0 radical (unpaired) electrons. The van der Waals surface area contributed by atoms with Gasteiger partial charge in [0.1, 0.15) is 0 Å². The van der Waals surface area contributed by atoms with E-state index in [2.05, 4.69) is 23.9 Å². The molecule has 0 amide bonds. The highest BCUT2D eigenvalue weighted by Gasteiger charge is 2.29. The van der Waals surface area contributed by atoms with Gasteiger partial charge in [-0.15, -0.1) is 0 Å². The van der Waals surface area contributed by atoms with Gasteiger partial charge >= 0.3 is 0 Å². The summed E-state index contributed by atoms with van der Waals surface area (Å²) in [4.78, 5) is 5.09. The van der Waals surface area contributed by atoms with E-state index < -0.39 is 0 Å². The van der Waals surface area contributed by atoms with Crippen molar-refractivity contribution < 1.29 is 0 Å². The Bertz CT molecular complexity index is 173. The van der Waals surface area contributed by atoms with Gasteiger partial charge in [0.25, 0.3) is 0 Å². The molecule has 2 fully saturated rings. The van der Waals surface area contributed by atoms with Crippen LogP contribution < -0.4 is 0 Å². The van der Waals surface area contributed by atoms with Crippen LogP contribution in [0, 0.1) is 5.92 Å². The molecule has 0 aromatic rings. The lowest BCUT2D eigenvalue weighted by molar-refractivity contribution is 0.227. The summed E-state index contributed by atoms with van der Waals surface area (Å²) >= 11 is 0. The van der Waals surface area contributed by atoms with Crippen LogP contribution in [-0.4, -0.2) is 49.6 Å². The molecule has 1 saturated carbocycles. The lowest BCUT2D eigenvalue weighted by Gasteiger charge is -2.24. The first-order chi connectivity index (χ1) is 6.75. The Morgan fingerprint density at radius 1 is 1.14 bits per heavy atom. The van der Waals surface area contributed by atoms with Crippen molar-refractivity contribution in [1.29, 1.82) is 0 Å². The first-order valence-corrected chi connectivity index (χ1v) is 6.14. The van der Waals surface area contributed by atoms with Crippen LogP contribution in [0.4, 0.5) is 0 Å². The van der Waals surface area contributed by atoms with Gasteiger partial charge in [-0.1, -0.05) is 12.8 Å². The lowest BCUT2D eigenvalue weighted by Crippen LogP contribution is -2.32. The lowest BCUT2D eigenvalue weighted by atomic mass is 10.1. The van der Waals surface area contributed by atoms with Gasteiger partial charge in [-0.2, -0.15) is 0 Å². The van der Waals surface area contributed by atoms with E-state index in [-0.39, 0.29) is 0 Å². The Balaban J connectivity index is 1.76. The molecule has 2 aliphatic rings. The van der Waals surface area contributed by atoms with Gasteiger partial charge in [-0.25, -0.2) is 0 Å². The molecule has 2 nitrogen and oxygen atoms in total. The zero-order valence-electron chi connectivity index (χ0n) is 9.71. The summed E-state index contributed by atoms with van der Waals surface area (Å²) < 4.78 is 0. The summed E-state index contributed by atoms with van der Waals surface area (Å²) in [5, 5.41) is 0. The van der Waals surface area contributed by atoms with Crippen molar-refractivity contribution >= 4 is 0 Å². The number of rotatable bonds is 3. The van der Waals surface area contributed by atoms with Crippen molar-refractivity contribution in [1.82, 2.24) is 9.80 Å². The summed E-state index contributed by atoms with van der Waals surface area (Å²) in [5.74, 6) is 0.936. The second-order valence-electron chi connectivity index (χ2n) is 5.35. The fourth-order valence-corrected chi connectivity index (χ4v) is 3.13. The maximum atomic E-state index is 2.75. The normalized spacial score (nSPS) is 30.6. The number of nitrogens with zero attached hydrogens (tertiary/aromatic N) is 2. The van der Waals surface area contributed by atoms with Gasteiger partial charge in [0.05, 0.1) is 0 Å². The molecule has 2 heteroatoms. The summed E-state index contributed by atoms with van der Waals surface area (Å²) in [6.45, 7) is 4.01. The Hall–Kier alpha value is -0.0800. The van der Waals surface area contributed by atoms with Gasteiger partial charge in [0, 0.05) is 19.1 Å². The average Bonchev–Trinajstić information content (AvgIpc) is 2.69. The molecule has 0 aromatic heterocycles. The molecule has 0 N–H and O–H groups in total. The number of likely N-dealkylation sites (tertiary alicyclic amines) is 1. The van der Waals surface area contributed by atoms with E-state index in [4.69, 9.17) is 0 Å². The van der Waals surface area contributed by atoms with Crippen LogP contribution in [0.3, 0.4) is 0 Å². The highest BCUT2D eigenvalue weighted by Crippen LogP contribution is 2.28. The first-order valence-electron chi connectivity index (χ1n) is 6.14. The number of hydrogen-bond acceptors (Lipinski definition) is 2. The van der Waals surface area contributed by atoms with Crippen LogP contribution >= 0.6 is 0 Å². The topological polar surface area (TPSA) is 6.48 Å². The molecular formula is C12H24N2. The van der Waals surface area contributed by atoms with E-state index in [9.17, 15) is 0 Å². The van der Waals surface area contributed by atoms with Gasteiger partial charge in [0.2, 0.25) is 0 Å². The monoisotopic (exact) mass is 196 g/mol. The van der Waals surface area contributed by atoms with E-state index in [0.29, 0.717) is 0 Å². The summed E-state index contributed by atoms with van der Waals surface area (Å²) in [7, 11) is 4.39. The third-order valence-corrected chi connectivity index (χ3v) is 3.78. The quantitative estimate of drug-likeness (QED) is 0.679. The van der Waals surface area contributed by atoms with Crippen LogP contribution in [0.5, 0.6) is 0 Å². The minimum Gasteiger partial charge on any atom is -0.309 e. The molecule has 1 heterocycles. The minimum absolute atomic E-state index is 0.936. The third-order valence-electron chi connectivity index (χ3n) is 3.78. The van der Waals surface area contributed by atoms with Crippen LogP contribution in [0.2, 0.25) is 0 Å². The standard InChI is InChI=1S/C12H24N2/c1-13(2)9-11-7-8-14(10-11)12-5-3-4-6-12/h11-12H,3-10H2,1-2H3/t11-/m0/s1. The largest absolute Gasteiger partial charge is 0.309 e. The van der Waals surface area contributed by atoms with Crippen molar-refractivity contribution in [2.75, 3.05) is 33.7 Å². The van der Waals surface area contributed by atoms with Gasteiger partial charge in [-0.3, -0.25) is 0 Å². The van der Waals surface area contributed by atoms with Crippen molar-refractivity contribution in [3.8, 4) is 0 Å². The molecule has 0 bridgehead atoms. The molecule has 0 spiro atoms. The first kappa shape index (κ1) is 10.4. The van der Waals surface area contributed by atoms with Gasteiger partial charge < -0.3 is 9.80 Å². The molecule has 1 aliphatic carbocycles. The van der Waals surface area contributed by atoms with Gasteiger partial charge in [0.15, 0.2) is 0 Å². The maximum absolute atomic E-state index is 2.75. The molecule has 0 aromatic carbocycles. The second-order valence-corrected chi connectivity index (χ2v) is 5.35. The summed E-state index contributed by atoms with van der Waals surface area (Å²) in [6, 6.07) is 0.946. The van der Waals surface area contributed by atoms with Crippen molar-refractivity contribution in [3.63, 3.8) is 0 Å². The Morgan fingerprint density at radius 2 is 1.86 bits per heavy atom.